The Morgan fingerprint density at radius 2 is 2.11 bits per heavy atom. The number of benzene rings is 1. The number of para-hydroxylation sites is 1. The van der Waals surface area contributed by atoms with Gasteiger partial charge in [-0.25, -0.2) is 0 Å². The molecule has 0 radical (unpaired) electrons. The van der Waals surface area contributed by atoms with Crippen LogP contribution in [-0.2, 0) is 0 Å². The Morgan fingerprint density at radius 3 is 2.83 bits per heavy atom. The van der Waals surface area contributed by atoms with E-state index in [-0.39, 0.29) is 0 Å². The number of rotatable bonds is 8. The molecule has 0 amide bonds. The highest BCUT2D eigenvalue weighted by Gasteiger charge is 1.97. The van der Waals surface area contributed by atoms with Crippen molar-refractivity contribution in [3.05, 3.63) is 48.6 Å². The van der Waals surface area contributed by atoms with E-state index < -0.39 is 0 Å². The van der Waals surface area contributed by atoms with Gasteiger partial charge in [0.15, 0.2) is 0 Å². The van der Waals surface area contributed by atoms with Gasteiger partial charge in [0, 0.05) is 12.1 Å². The summed E-state index contributed by atoms with van der Waals surface area (Å²) < 4.78 is 5.59. The van der Waals surface area contributed by atoms with E-state index in [2.05, 4.69) is 44.0 Å². The van der Waals surface area contributed by atoms with Crippen molar-refractivity contribution >= 4 is 6.08 Å². The smallest absolute Gasteiger partial charge is 0.126 e. The summed E-state index contributed by atoms with van der Waals surface area (Å²) >= 11 is 0. The van der Waals surface area contributed by atoms with Gasteiger partial charge >= 0.3 is 0 Å². The maximum absolute atomic E-state index is 5.59. The fourth-order valence-corrected chi connectivity index (χ4v) is 1.54. The van der Waals surface area contributed by atoms with E-state index in [0.717, 1.165) is 24.4 Å². The van der Waals surface area contributed by atoms with Gasteiger partial charge in [-0.15, -0.1) is 0 Å². The van der Waals surface area contributed by atoms with Crippen LogP contribution >= 0.6 is 0 Å². The molecule has 0 aromatic heterocycles. The maximum Gasteiger partial charge on any atom is 0.126 e. The summed E-state index contributed by atoms with van der Waals surface area (Å²) in [6, 6.07) is 8.02. The van der Waals surface area contributed by atoms with Crippen molar-refractivity contribution in [2.75, 3.05) is 19.7 Å². The third-order valence-corrected chi connectivity index (χ3v) is 2.39. The summed E-state index contributed by atoms with van der Waals surface area (Å²) in [5.74, 6) is 1.58. The average Bonchev–Trinajstić information content (AvgIpc) is 2.36. The molecule has 0 saturated heterocycles. The van der Waals surface area contributed by atoms with Crippen LogP contribution in [0.2, 0.25) is 0 Å². The van der Waals surface area contributed by atoms with Crippen LogP contribution in [0.1, 0.15) is 19.4 Å². The zero-order valence-electron chi connectivity index (χ0n) is 11.4. The standard InChI is InChI=1S/C16H23NO/c1-4-12-18-16-10-6-5-8-15(16)9-7-11-17-13-14(2)3/h4-10,14,17H,1,11-13H2,2-3H3. The first kappa shape index (κ1) is 14.5. The van der Waals surface area contributed by atoms with E-state index in [4.69, 9.17) is 4.74 Å². The Balaban J connectivity index is 2.49. The first-order valence-corrected chi connectivity index (χ1v) is 6.44. The van der Waals surface area contributed by atoms with Gasteiger partial charge < -0.3 is 10.1 Å². The molecular formula is C16H23NO. The summed E-state index contributed by atoms with van der Waals surface area (Å²) in [6.45, 7) is 10.5. The molecule has 0 saturated carbocycles. The minimum atomic E-state index is 0.538. The van der Waals surface area contributed by atoms with Gasteiger partial charge in [-0.1, -0.05) is 56.9 Å². The molecule has 0 unspecified atom stereocenters. The lowest BCUT2D eigenvalue weighted by atomic mass is 10.2. The van der Waals surface area contributed by atoms with Gasteiger partial charge in [-0.3, -0.25) is 0 Å². The van der Waals surface area contributed by atoms with Gasteiger partial charge in [0.2, 0.25) is 0 Å². The highest BCUT2D eigenvalue weighted by atomic mass is 16.5. The topological polar surface area (TPSA) is 21.3 Å². The van der Waals surface area contributed by atoms with Crippen LogP contribution in [0.4, 0.5) is 0 Å². The molecule has 0 atom stereocenters. The normalized spacial score (nSPS) is 11.1. The van der Waals surface area contributed by atoms with Crippen LogP contribution in [-0.4, -0.2) is 19.7 Å². The Morgan fingerprint density at radius 1 is 1.33 bits per heavy atom. The third-order valence-electron chi connectivity index (χ3n) is 2.39. The molecule has 98 valence electrons. The lowest BCUT2D eigenvalue weighted by Crippen LogP contribution is -2.19. The average molecular weight is 245 g/mol. The molecule has 0 fully saturated rings. The van der Waals surface area contributed by atoms with Crippen LogP contribution in [0.5, 0.6) is 5.75 Å². The fourth-order valence-electron chi connectivity index (χ4n) is 1.54. The zero-order chi connectivity index (χ0) is 13.2. The van der Waals surface area contributed by atoms with Gasteiger partial charge in [0.25, 0.3) is 0 Å². The summed E-state index contributed by atoms with van der Waals surface area (Å²) in [5.41, 5.74) is 1.10. The molecular weight excluding hydrogens is 222 g/mol. The molecule has 18 heavy (non-hydrogen) atoms. The van der Waals surface area contributed by atoms with Crippen molar-refractivity contribution in [2.45, 2.75) is 13.8 Å². The predicted octanol–water partition coefficient (Wildman–Crippen LogP) is 3.51. The first-order valence-electron chi connectivity index (χ1n) is 6.44. The molecule has 1 N–H and O–H groups in total. The lowest BCUT2D eigenvalue weighted by Gasteiger charge is -2.07. The second kappa shape index (κ2) is 8.54. The Kier molecular flexibility index (Phi) is 6.89. The summed E-state index contributed by atoms with van der Waals surface area (Å²) in [4.78, 5) is 0. The molecule has 0 bridgehead atoms. The van der Waals surface area contributed by atoms with E-state index in [1.54, 1.807) is 6.08 Å². The summed E-state index contributed by atoms with van der Waals surface area (Å²) in [7, 11) is 0. The highest BCUT2D eigenvalue weighted by Crippen LogP contribution is 2.19. The summed E-state index contributed by atoms with van der Waals surface area (Å²) in [6.07, 6.45) is 5.97. The molecule has 2 heteroatoms. The van der Waals surface area contributed by atoms with E-state index in [1.165, 1.54) is 0 Å². The lowest BCUT2D eigenvalue weighted by molar-refractivity contribution is 0.362. The van der Waals surface area contributed by atoms with Crippen LogP contribution < -0.4 is 10.1 Å². The second-order valence-electron chi connectivity index (χ2n) is 4.59. The SMILES string of the molecule is C=CCOc1ccccc1C=CCNCC(C)C. The van der Waals surface area contributed by atoms with Crippen LogP contribution in [0.15, 0.2) is 43.0 Å². The van der Waals surface area contributed by atoms with E-state index in [1.807, 2.05) is 18.2 Å². The molecule has 0 aliphatic carbocycles. The fraction of sp³-hybridized carbons (Fsp3) is 0.375. The Hall–Kier alpha value is -1.54. The molecule has 0 aliphatic rings. The third kappa shape index (κ3) is 5.69. The molecule has 2 nitrogen and oxygen atoms in total. The van der Waals surface area contributed by atoms with Crippen molar-refractivity contribution in [3.8, 4) is 5.75 Å². The molecule has 1 aromatic carbocycles. The van der Waals surface area contributed by atoms with Gasteiger partial charge in [-0.05, 0) is 18.5 Å². The second-order valence-corrected chi connectivity index (χ2v) is 4.59. The van der Waals surface area contributed by atoms with Crippen molar-refractivity contribution in [2.24, 2.45) is 5.92 Å². The molecule has 0 heterocycles. The quantitative estimate of drug-likeness (QED) is 0.559. The van der Waals surface area contributed by atoms with Crippen LogP contribution in [0.25, 0.3) is 6.08 Å². The monoisotopic (exact) mass is 245 g/mol. The largest absolute Gasteiger partial charge is 0.489 e. The van der Waals surface area contributed by atoms with E-state index in [0.29, 0.717) is 12.5 Å². The number of nitrogens with one attached hydrogen (secondary N) is 1. The van der Waals surface area contributed by atoms with Crippen molar-refractivity contribution < 1.29 is 4.74 Å². The Bertz CT molecular complexity index is 382. The zero-order valence-corrected chi connectivity index (χ0v) is 11.4. The van der Waals surface area contributed by atoms with Gasteiger partial charge in [0.05, 0.1) is 0 Å². The van der Waals surface area contributed by atoms with Crippen molar-refractivity contribution in [1.82, 2.24) is 5.32 Å². The van der Waals surface area contributed by atoms with Gasteiger partial charge in [-0.2, -0.15) is 0 Å². The maximum atomic E-state index is 5.59. The predicted molar refractivity (Wildman–Crippen MR) is 78.9 cm³/mol. The summed E-state index contributed by atoms with van der Waals surface area (Å²) in [5, 5.41) is 3.37. The molecule has 1 rings (SSSR count). The molecule has 0 spiro atoms. The van der Waals surface area contributed by atoms with Crippen LogP contribution in [0, 0.1) is 5.92 Å². The molecule has 1 aromatic rings. The van der Waals surface area contributed by atoms with E-state index in [9.17, 15) is 0 Å². The Labute approximate surface area is 110 Å². The number of hydrogen-bond acceptors (Lipinski definition) is 2. The number of hydrogen-bond donors (Lipinski definition) is 1. The van der Waals surface area contributed by atoms with Crippen molar-refractivity contribution in [1.29, 1.82) is 0 Å². The highest BCUT2D eigenvalue weighted by molar-refractivity contribution is 5.57. The minimum Gasteiger partial charge on any atom is -0.489 e. The van der Waals surface area contributed by atoms with Gasteiger partial charge in [0.1, 0.15) is 12.4 Å². The molecule has 0 aliphatic heterocycles. The van der Waals surface area contributed by atoms with Crippen molar-refractivity contribution in [3.63, 3.8) is 0 Å². The van der Waals surface area contributed by atoms with E-state index >= 15 is 0 Å². The number of ether oxygens (including phenoxy) is 1. The van der Waals surface area contributed by atoms with Crippen LogP contribution in [0.3, 0.4) is 0 Å². The minimum absolute atomic E-state index is 0.538. The first-order chi connectivity index (χ1) is 8.74.